The van der Waals surface area contributed by atoms with Gasteiger partial charge in [0.25, 0.3) is 0 Å². The molecule has 0 N–H and O–H groups in total. The number of benzene rings is 1. The number of ether oxygens (including phenoxy) is 4. The predicted molar refractivity (Wildman–Crippen MR) is 114 cm³/mol. The van der Waals surface area contributed by atoms with Crippen LogP contribution < -0.4 is 0 Å². The number of carbonyl (C=O) groups is 2. The van der Waals surface area contributed by atoms with Crippen molar-refractivity contribution >= 4 is 28.8 Å². The van der Waals surface area contributed by atoms with Gasteiger partial charge in [0.05, 0.1) is 38.1 Å². The van der Waals surface area contributed by atoms with E-state index >= 15 is 0 Å². The molecule has 0 saturated heterocycles. The number of aromatic nitrogens is 1. The van der Waals surface area contributed by atoms with Crippen molar-refractivity contribution in [3.8, 4) is 0 Å². The Hall–Kier alpha value is -2.97. The van der Waals surface area contributed by atoms with Gasteiger partial charge in [-0.05, 0) is 24.5 Å². The van der Waals surface area contributed by atoms with Crippen molar-refractivity contribution in [2.75, 3.05) is 13.7 Å². The summed E-state index contributed by atoms with van der Waals surface area (Å²) in [5.41, 5.74) is 2.67. The first kappa shape index (κ1) is 21.3. The molecule has 2 heterocycles. The van der Waals surface area contributed by atoms with Crippen molar-refractivity contribution in [3.05, 3.63) is 69.9 Å². The molecule has 0 radical (unpaired) electrons. The summed E-state index contributed by atoms with van der Waals surface area (Å²) >= 11 is 1.36. The van der Waals surface area contributed by atoms with Crippen LogP contribution in [-0.4, -0.2) is 36.9 Å². The standard InChI is InChI=1S/C23H23NO6S/c1-3-28-22(26)18-13-31-20(24-18)16-10-9-15-17(21(25)27-2)12-30-23(19(15)16)29-11-14-7-5-4-6-8-14/h4-8,10,12-13,15,19,23H,3,9,11H2,1-2H3. The molecular formula is C23H23NO6S. The Balaban J connectivity index is 1.59. The number of allylic oxidation sites excluding steroid dienone is 1. The second-order valence-corrected chi connectivity index (χ2v) is 8.01. The van der Waals surface area contributed by atoms with Gasteiger partial charge in [-0.1, -0.05) is 36.4 Å². The summed E-state index contributed by atoms with van der Waals surface area (Å²) in [6.45, 7) is 2.41. The summed E-state index contributed by atoms with van der Waals surface area (Å²) in [4.78, 5) is 28.8. The van der Waals surface area contributed by atoms with Crippen LogP contribution in [0, 0.1) is 11.8 Å². The van der Waals surface area contributed by atoms with Gasteiger partial charge in [0.2, 0.25) is 6.29 Å². The minimum atomic E-state index is -0.595. The molecule has 1 aliphatic heterocycles. The number of hydrogen-bond donors (Lipinski definition) is 0. The van der Waals surface area contributed by atoms with E-state index in [4.69, 9.17) is 18.9 Å². The Bertz CT molecular complexity index is 1010. The van der Waals surface area contributed by atoms with Gasteiger partial charge in [0, 0.05) is 11.3 Å². The number of hydrogen-bond acceptors (Lipinski definition) is 8. The first-order valence-electron chi connectivity index (χ1n) is 10.0. The zero-order valence-corrected chi connectivity index (χ0v) is 18.1. The number of rotatable bonds is 7. The Labute approximate surface area is 184 Å². The number of fused-ring (bicyclic) bond motifs is 1. The van der Waals surface area contributed by atoms with Crippen LogP contribution in [0.3, 0.4) is 0 Å². The molecular weight excluding hydrogens is 418 g/mol. The summed E-state index contributed by atoms with van der Waals surface area (Å²) in [5, 5.41) is 2.38. The minimum Gasteiger partial charge on any atom is -0.471 e. The highest BCUT2D eigenvalue weighted by Gasteiger charge is 2.46. The summed E-state index contributed by atoms with van der Waals surface area (Å²) in [6.07, 6.45) is 3.52. The van der Waals surface area contributed by atoms with Crippen LogP contribution in [0.5, 0.6) is 0 Å². The van der Waals surface area contributed by atoms with E-state index in [9.17, 15) is 9.59 Å². The second-order valence-electron chi connectivity index (χ2n) is 7.15. The van der Waals surface area contributed by atoms with Gasteiger partial charge >= 0.3 is 11.9 Å². The molecule has 1 aromatic heterocycles. The molecule has 2 aromatic rings. The zero-order chi connectivity index (χ0) is 21.8. The lowest BCUT2D eigenvalue weighted by atomic mass is 9.83. The van der Waals surface area contributed by atoms with Crippen molar-refractivity contribution < 1.29 is 28.5 Å². The van der Waals surface area contributed by atoms with Gasteiger partial charge in [-0.3, -0.25) is 0 Å². The molecule has 3 atom stereocenters. The van der Waals surface area contributed by atoms with E-state index in [0.29, 0.717) is 23.6 Å². The van der Waals surface area contributed by atoms with Gasteiger partial charge in [-0.2, -0.15) is 0 Å². The highest BCUT2D eigenvalue weighted by Crippen LogP contribution is 2.48. The van der Waals surface area contributed by atoms with Crippen molar-refractivity contribution in [1.82, 2.24) is 4.98 Å². The molecule has 8 heteroatoms. The Morgan fingerprint density at radius 1 is 1.23 bits per heavy atom. The third-order valence-corrected chi connectivity index (χ3v) is 6.21. The zero-order valence-electron chi connectivity index (χ0n) is 17.3. The van der Waals surface area contributed by atoms with Crippen molar-refractivity contribution in [1.29, 1.82) is 0 Å². The van der Waals surface area contributed by atoms with Crippen molar-refractivity contribution in [3.63, 3.8) is 0 Å². The van der Waals surface area contributed by atoms with Crippen LogP contribution in [0.15, 0.2) is 53.6 Å². The number of nitrogens with zero attached hydrogens (tertiary/aromatic N) is 1. The second kappa shape index (κ2) is 9.45. The molecule has 162 valence electrons. The maximum Gasteiger partial charge on any atom is 0.357 e. The van der Waals surface area contributed by atoms with Crippen LogP contribution in [-0.2, 0) is 30.3 Å². The molecule has 7 nitrogen and oxygen atoms in total. The van der Waals surface area contributed by atoms with Crippen molar-refractivity contribution in [2.24, 2.45) is 11.8 Å². The molecule has 1 aliphatic carbocycles. The molecule has 4 rings (SSSR count). The minimum absolute atomic E-state index is 0.146. The van der Waals surface area contributed by atoms with E-state index < -0.39 is 18.2 Å². The quantitative estimate of drug-likeness (QED) is 0.601. The lowest BCUT2D eigenvalue weighted by molar-refractivity contribution is -0.157. The smallest absolute Gasteiger partial charge is 0.357 e. The lowest BCUT2D eigenvalue weighted by Crippen LogP contribution is -2.36. The molecule has 2 aliphatic rings. The number of carbonyl (C=O) groups excluding carboxylic acids is 2. The fourth-order valence-electron chi connectivity index (χ4n) is 3.87. The first-order valence-corrected chi connectivity index (χ1v) is 10.9. The van der Waals surface area contributed by atoms with Crippen LogP contribution in [0.1, 0.15) is 34.4 Å². The predicted octanol–water partition coefficient (Wildman–Crippen LogP) is 3.97. The molecule has 0 bridgehead atoms. The Morgan fingerprint density at radius 3 is 2.77 bits per heavy atom. The highest BCUT2D eigenvalue weighted by molar-refractivity contribution is 7.11. The normalized spacial score (nSPS) is 22.1. The maximum absolute atomic E-state index is 12.3. The Morgan fingerprint density at radius 2 is 2.03 bits per heavy atom. The van der Waals surface area contributed by atoms with Crippen LogP contribution in [0.2, 0.25) is 0 Å². The fraction of sp³-hybridized carbons (Fsp3) is 0.348. The topological polar surface area (TPSA) is 84.0 Å². The maximum atomic E-state index is 12.3. The van der Waals surface area contributed by atoms with E-state index in [1.54, 1.807) is 12.3 Å². The SMILES string of the molecule is CCOC(=O)c1csc(C2=CCC3C(C(=O)OC)=COC(OCc4ccccc4)C23)n1. The fourth-order valence-corrected chi connectivity index (χ4v) is 4.75. The molecule has 0 spiro atoms. The van der Waals surface area contributed by atoms with Gasteiger partial charge in [0.15, 0.2) is 5.69 Å². The molecule has 0 amide bonds. The Kier molecular flexibility index (Phi) is 6.48. The third-order valence-electron chi connectivity index (χ3n) is 5.32. The average molecular weight is 442 g/mol. The van der Waals surface area contributed by atoms with Gasteiger partial charge in [-0.15, -0.1) is 11.3 Å². The molecule has 1 aromatic carbocycles. The van der Waals surface area contributed by atoms with Gasteiger partial charge in [-0.25, -0.2) is 14.6 Å². The van der Waals surface area contributed by atoms with Crippen LogP contribution in [0.25, 0.3) is 5.57 Å². The third kappa shape index (κ3) is 4.40. The summed E-state index contributed by atoms with van der Waals surface area (Å²) in [7, 11) is 1.35. The van der Waals surface area contributed by atoms with E-state index in [1.807, 2.05) is 36.4 Å². The van der Waals surface area contributed by atoms with Crippen LogP contribution in [0.4, 0.5) is 0 Å². The molecule has 3 unspecified atom stereocenters. The first-order chi connectivity index (χ1) is 15.1. The van der Waals surface area contributed by atoms with E-state index in [-0.39, 0.29) is 24.1 Å². The monoisotopic (exact) mass is 441 g/mol. The molecule has 0 saturated carbocycles. The summed E-state index contributed by atoms with van der Waals surface area (Å²) < 4.78 is 22.0. The van der Waals surface area contributed by atoms with E-state index in [0.717, 1.165) is 11.1 Å². The summed E-state index contributed by atoms with van der Waals surface area (Å²) in [5.74, 6) is -1.26. The van der Waals surface area contributed by atoms with Gasteiger partial charge < -0.3 is 18.9 Å². The van der Waals surface area contributed by atoms with Gasteiger partial charge in [0.1, 0.15) is 5.01 Å². The molecule has 31 heavy (non-hydrogen) atoms. The average Bonchev–Trinajstić information content (AvgIpc) is 3.45. The number of esters is 2. The number of methoxy groups -OCH3 is 1. The lowest BCUT2D eigenvalue weighted by Gasteiger charge is -2.34. The highest BCUT2D eigenvalue weighted by atomic mass is 32.1. The van der Waals surface area contributed by atoms with E-state index in [1.165, 1.54) is 24.7 Å². The summed E-state index contributed by atoms with van der Waals surface area (Å²) in [6, 6.07) is 9.81. The largest absolute Gasteiger partial charge is 0.471 e. The molecule has 0 fully saturated rings. The van der Waals surface area contributed by atoms with E-state index in [2.05, 4.69) is 4.98 Å². The number of thiazole rings is 1. The van der Waals surface area contributed by atoms with Crippen LogP contribution >= 0.6 is 11.3 Å². The van der Waals surface area contributed by atoms with Crippen molar-refractivity contribution in [2.45, 2.75) is 26.2 Å².